The molecule has 0 bridgehead atoms. The van der Waals surface area contributed by atoms with Gasteiger partial charge in [-0.2, -0.15) is 0 Å². The second kappa shape index (κ2) is 8.31. The summed E-state index contributed by atoms with van der Waals surface area (Å²) in [6.07, 6.45) is 2.35. The average Bonchev–Trinajstić information content (AvgIpc) is 3.47. The van der Waals surface area contributed by atoms with Crippen molar-refractivity contribution in [3.8, 4) is 5.75 Å². The molecule has 0 radical (unpaired) electrons. The van der Waals surface area contributed by atoms with E-state index >= 15 is 0 Å². The molecule has 2 amide bonds. The van der Waals surface area contributed by atoms with Crippen LogP contribution in [-0.4, -0.2) is 52.8 Å². The Morgan fingerprint density at radius 2 is 1.79 bits per heavy atom. The molecule has 6 nitrogen and oxygen atoms in total. The lowest BCUT2D eigenvalue weighted by Crippen LogP contribution is -2.51. The fourth-order valence-corrected chi connectivity index (χ4v) is 4.01. The van der Waals surface area contributed by atoms with Gasteiger partial charge in [-0.25, -0.2) is 4.98 Å². The van der Waals surface area contributed by atoms with E-state index in [1.807, 2.05) is 46.4 Å². The first kappa shape index (κ1) is 18.9. The molecule has 2 fully saturated rings. The molecule has 2 aromatic rings. The fraction of sp³-hybridized carbons (Fsp3) is 0.476. The van der Waals surface area contributed by atoms with Gasteiger partial charge >= 0.3 is 0 Å². The van der Waals surface area contributed by atoms with Gasteiger partial charge in [0, 0.05) is 37.5 Å². The van der Waals surface area contributed by atoms with E-state index in [0.29, 0.717) is 39.2 Å². The van der Waals surface area contributed by atoms with E-state index in [0.717, 1.165) is 29.3 Å². The lowest BCUT2D eigenvalue weighted by atomic mass is 10.2. The van der Waals surface area contributed by atoms with Gasteiger partial charge < -0.3 is 14.5 Å². The monoisotopic (exact) mass is 399 g/mol. The highest BCUT2D eigenvalue weighted by Crippen LogP contribution is 2.31. The summed E-state index contributed by atoms with van der Waals surface area (Å²) in [5.41, 5.74) is 1.98. The molecule has 0 N–H and O–H groups in total. The van der Waals surface area contributed by atoms with Crippen molar-refractivity contribution in [3.63, 3.8) is 0 Å². The van der Waals surface area contributed by atoms with Crippen molar-refractivity contribution >= 4 is 23.2 Å². The fourth-order valence-electron chi connectivity index (χ4n) is 3.31. The molecule has 1 aromatic heterocycles. The third-order valence-electron chi connectivity index (χ3n) is 5.19. The summed E-state index contributed by atoms with van der Waals surface area (Å²) in [6.45, 7) is 4.97. The third-order valence-corrected chi connectivity index (χ3v) is 6.06. The van der Waals surface area contributed by atoms with Crippen LogP contribution in [0.25, 0.3) is 0 Å². The largest absolute Gasteiger partial charge is 0.486 e. The van der Waals surface area contributed by atoms with Crippen molar-refractivity contribution in [2.45, 2.75) is 32.8 Å². The number of rotatable bonds is 6. The molecule has 2 aliphatic rings. The maximum absolute atomic E-state index is 12.6. The van der Waals surface area contributed by atoms with Crippen LogP contribution in [0.1, 0.15) is 29.1 Å². The second-order valence-electron chi connectivity index (χ2n) is 7.49. The minimum absolute atomic E-state index is 0.0785. The number of aryl methyl sites for hydroxylation is 1. The summed E-state index contributed by atoms with van der Waals surface area (Å²) in [6, 6.07) is 7.92. The number of carbonyl (C=O) groups is 2. The van der Waals surface area contributed by atoms with Gasteiger partial charge in [0.05, 0.1) is 12.1 Å². The number of aromatic nitrogens is 1. The molecule has 1 aliphatic carbocycles. The van der Waals surface area contributed by atoms with E-state index in [9.17, 15) is 9.59 Å². The van der Waals surface area contributed by atoms with Crippen LogP contribution in [-0.2, 0) is 22.6 Å². The lowest BCUT2D eigenvalue weighted by molar-refractivity contribution is -0.140. The van der Waals surface area contributed by atoms with Gasteiger partial charge in [-0.05, 0) is 31.9 Å². The minimum Gasteiger partial charge on any atom is -0.486 e. The summed E-state index contributed by atoms with van der Waals surface area (Å²) >= 11 is 1.52. The van der Waals surface area contributed by atoms with Gasteiger partial charge in [0.1, 0.15) is 17.4 Å². The molecule has 7 heteroatoms. The summed E-state index contributed by atoms with van der Waals surface area (Å²) in [5.74, 6) is 1.41. The lowest BCUT2D eigenvalue weighted by Gasteiger charge is -2.34. The number of piperazine rings is 1. The van der Waals surface area contributed by atoms with Crippen molar-refractivity contribution in [2.24, 2.45) is 5.92 Å². The Bertz CT molecular complexity index is 837. The number of ether oxygens (including phenoxy) is 1. The molecule has 1 aromatic carbocycles. The smallest absolute Gasteiger partial charge is 0.228 e. The zero-order chi connectivity index (χ0) is 19.5. The van der Waals surface area contributed by atoms with E-state index < -0.39 is 0 Å². The third kappa shape index (κ3) is 4.70. The van der Waals surface area contributed by atoms with Crippen LogP contribution in [0.2, 0.25) is 0 Å². The average molecular weight is 400 g/mol. The zero-order valence-corrected chi connectivity index (χ0v) is 16.9. The van der Waals surface area contributed by atoms with Crippen LogP contribution in [0.5, 0.6) is 5.75 Å². The van der Waals surface area contributed by atoms with Crippen molar-refractivity contribution in [2.75, 3.05) is 26.2 Å². The Morgan fingerprint density at radius 1 is 1.11 bits per heavy atom. The van der Waals surface area contributed by atoms with E-state index in [1.54, 1.807) is 0 Å². The minimum atomic E-state index is 0.0785. The highest BCUT2D eigenvalue weighted by Gasteiger charge is 2.35. The number of hydrogen-bond donors (Lipinski definition) is 0. The van der Waals surface area contributed by atoms with Crippen LogP contribution in [0, 0.1) is 12.8 Å². The molecule has 0 atom stereocenters. The van der Waals surface area contributed by atoms with Gasteiger partial charge in [-0.15, -0.1) is 11.3 Å². The summed E-state index contributed by atoms with van der Waals surface area (Å²) in [5, 5.41) is 2.79. The molecule has 28 heavy (non-hydrogen) atoms. The number of thiazole rings is 1. The standard InChI is InChI=1S/C21H25N3O3S/c1-15-2-6-18(7-3-15)27-13-19-22-17(14-28-19)12-20(25)23-8-10-24(11-9-23)21(26)16-4-5-16/h2-3,6-7,14,16H,4-5,8-13H2,1H3. The summed E-state index contributed by atoms with van der Waals surface area (Å²) in [7, 11) is 0. The highest BCUT2D eigenvalue weighted by atomic mass is 32.1. The van der Waals surface area contributed by atoms with Gasteiger partial charge in [0.15, 0.2) is 0 Å². The first-order chi connectivity index (χ1) is 13.6. The quantitative estimate of drug-likeness (QED) is 0.749. The van der Waals surface area contributed by atoms with Gasteiger partial charge in [-0.3, -0.25) is 9.59 Å². The van der Waals surface area contributed by atoms with E-state index in [4.69, 9.17) is 4.74 Å². The van der Waals surface area contributed by atoms with Crippen molar-refractivity contribution in [1.82, 2.24) is 14.8 Å². The number of nitrogens with zero attached hydrogens (tertiary/aromatic N) is 3. The molecule has 0 unspecified atom stereocenters. The predicted octanol–water partition coefficient (Wildman–Crippen LogP) is 2.65. The van der Waals surface area contributed by atoms with Crippen molar-refractivity contribution in [3.05, 3.63) is 45.9 Å². The van der Waals surface area contributed by atoms with Gasteiger partial charge in [0.2, 0.25) is 11.8 Å². The first-order valence-corrected chi connectivity index (χ1v) is 10.7. The number of hydrogen-bond acceptors (Lipinski definition) is 5. The molecular formula is C21H25N3O3S. The predicted molar refractivity (Wildman–Crippen MR) is 107 cm³/mol. The Hall–Kier alpha value is -2.41. The molecule has 1 aliphatic heterocycles. The molecule has 1 saturated heterocycles. The van der Waals surface area contributed by atoms with E-state index in [2.05, 4.69) is 4.98 Å². The number of amides is 2. The van der Waals surface area contributed by atoms with Crippen LogP contribution < -0.4 is 4.74 Å². The van der Waals surface area contributed by atoms with Crippen molar-refractivity contribution in [1.29, 1.82) is 0 Å². The first-order valence-electron chi connectivity index (χ1n) is 9.78. The van der Waals surface area contributed by atoms with E-state index in [1.165, 1.54) is 16.9 Å². The Morgan fingerprint density at radius 3 is 2.46 bits per heavy atom. The molecule has 4 rings (SSSR count). The summed E-state index contributed by atoms with van der Waals surface area (Å²) < 4.78 is 5.76. The van der Waals surface area contributed by atoms with Crippen LogP contribution >= 0.6 is 11.3 Å². The molecular weight excluding hydrogens is 374 g/mol. The zero-order valence-electron chi connectivity index (χ0n) is 16.1. The number of carbonyl (C=O) groups excluding carboxylic acids is 2. The highest BCUT2D eigenvalue weighted by molar-refractivity contribution is 7.09. The normalized spacial score (nSPS) is 16.9. The molecule has 0 spiro atoms. The molecule has 148 valence electrons. The Labute approximate surface area is 169 Å². The number of benzene rings is 1. The van der Waals surface area contributed by atoms with Crippen LogP contribution in [0.15, 0.2) is 29.6 Å². The summed E-state index contributed by atoms with van der Waals surface area (Å²) in [4.78, 5) is 33.0. The second-order valence-corrected chi connectivity index (χ2v) is 8.43. The Balaban J connectivity index is 1.24. The maximum Gasteiger partial charge on any atom is 0.228 e. The molecule has 2 heterocycles. The van der Waals surface area contributed by atoms with Gasteiger partial charge in [0.25, 0.3) is 0 Å². The van der Waals surface area contributed by atoms with Crippen molar-refractivity contribution < 1.29 is 14.3 Å². The van der Waals surface area contributed by atoms with Crippen LogP contribution in [0.4, 0.5) is 0 Å². The molecule has 1 saturated carbocycles. The van der Waals surface area contributed by atoms with Crippen LogP contribution in [0.3, 0.4) is 0 Å². The van der Waals surface area contributed by atoms with E-state index in [-0.39, 0.29) is 17.7 Å². The topological polar surface area (TPSA) is 62.7 Å². The van der Waals surface area contributed by atoms with Gasteiger partial charge in [-0.1, -0.05) is 17.7 Å². The SMILES string of the molecule is Cc1ccc(OCc2nc(CC(=O)N3CCN(C(=O)C4CC4)CC3)cs2)cc1. The Kier molecular flexibility index (Phi) is 5.62. The maximum atomic E-state index is 12.6.